The normalized spacial score (nSPS) is 24.9. The first-order valence-corrected chi connectivity index (χ1v) is 11.1. The Balaban J connectivity index is 1.15. The fourth-order valence-electron chi connectivity index (χ4n) is 4.83. The molecule has 0 aromatic carbocycles. The molecule has 0 spiro atoms. The molecule has 3 aliphatic rings. The van der Waals surface area contributed by atoms with Crippen molar-refractivity contribution in [1.29, 1.82) is 0 Å². The molecule has 0 unspecified atom stereocenters. The smallest absolute Gasteiger partial charge is 0.229 e. The van der Waals surface area contributed by atoms with E-state index in [0.29, 0.717) is 18.6 Å². The summed E-state index contributed by atoms with van der Waals surface area (Å²) in [6, 6.07) is 0.830. The molecule has 0 radical (unpaired) electrons. The molecule has 6 heteroatoms. The lowest BCUT2D eigenvalue weighted by Gasteiger charge is -2.37. The van der Waals surface area contributed by atoms with Gasteiger partial charge >= 0.3 is 0 Å². The summed E-state index contributed by atoms with van der Waals surface area (Å²) in [6.45, 7) is 4.69. The number of hydrogen-bond donors (Lipinski definition) is 0. The molecular weight excluding hydrogens is 342 g/mol. The van der Waals surface area contributed by atoms with Gasteiger partial charge in [0, 0.05) is 44.7 Å². The summed E-state index contributed by atoms with van der Waals surface area (Å²) in [7, 11) is 0. The molecule has 0 amide bonds. The van der Waals surface area contributed by atoms with E-state index in [2.05, 4.69) is 15.0 Å². The molecule has 3 heterocycles. The Labute approximate surface area is 163 Å². The molecule has 6 nitrogen and oxygen atoms in total. The second-order valence-electron chi connectivity index (χ2n) is 8.44. The first kappa shape index (κ1) is 19.3. The van der Waals surface area contributed by atoms with E-state index in [9.17, 15) is 0 Å². The molecule has 4 rings (SSSR count). The van der Waals surface area contributed by atoms with Crippen LogP contribution in [0.3, 0.4) is 0 Å². The van der Waals surface area contributed by atoms with E-state index < -0.39 is 0 Å². The summed E-state index contributed by atoms with van der Waals surface area (Å²) in [5, 5.41) is 4.14. The van der Waals surface area contributed by atoms with Crippen LogP contribution in [0.2, 0.25) is 0 Å². The highest BCUT2D eigenvalue weighted by atomic mass is 16.5. The number of likely N-dealkylation sites (tertiary alicyclic amines) is 1. The predicted octanol–water partition coefficient (Wildman–Crippen LogP) is 3.71. The van der Waals surface area contributed by atoms with Crippen LogP contribution in [0.15, 0.2) is 4.52 Å². The van der Waals surface area contributed by atoms with Crippen LogP contribution < -0.4 is 0 Å². The van der Waals surface area contributed by atoms with Crippen molar-refractivity contribution < 1.29 is 14.0 Å². The molecule has 1 saturated carbocycles. The Hall–Kier alpha value is -0.980. The lowest BCUT2D eigenvalue weighted by molar-refractivity contribution is -0.00273. The Morgan fingerprint density at radius 2 is 1.67 bits per heavy atom. The van der Waals surface area contributed by atoms with E-state index in [-0.39, 0.29) is 0 Å². The first-order valence-electron chi connectivity index (χ1n) is 11.1. The Kier molecular flexibility index (Phi) is 7.15. The maximum atomic E-state index is 6.13. The molecule has 27 heavy (non-hydrogen) atoms. The van der Waals surface area contributed by atoms with E-state index in [0.717, 1.165) is 63.1 Å². The van der Waals surface area contributed by atoms with Gasteiger partial charge in [0.05, 0.1) is 12.7 Å². The number of nitrogens with zero attached hydrogens (tertiary/aromatic N) is 3. The van der Waals surface area contributed by atoms with Gasteiger partial charge in [0.25, 0.3) is 0 Å². The van der Waals surface area contributed by atoms with Gasteiger partial charge in [-0.05, 0) is 38.5 Å². The van der Waals surface area contributed by atoms with Crippen LogP contribution in [0.25, 0.3) is 0 Å². The molecule has 2 aliphatic heterocycles. The number of hydrogen-bond acceptors (Lipinski definition) is 6. The lowest BCUT2D eigenvalue weighted by atomic mass is 10.0. The van der Waals surface area contributed by atoms with Crippen LogP contribution in [-0.2, 0) is 15.9 Å². The van der Waals surface area contributed by atoms with E-state index in [1.807, 2.05) is 0 Å². The highest BCUT2D eigenvalue weighted by molar-refractivity contribution is 4.95. The predicted molar refractivity (Wildman–Crippen MR) is 103 cm³/mol. The average molecular weight is 378 g/mol. The number of ether oxygens (including phenoxy) is 2. The molecule has 1 aromatic heterocycles. The maximum Gasteiger partial charge on any atom is 0.229 e. The Bertz CT molecular complexity index is 543. The van der Waals surface area contributed by atoms with E-state index in [1.165, 1.54) is 51.6 Å². The van der Waals surface area contributed by atoms with Gasteiger partial charge in [0.1, 0.15) is 0 Å². The fourth-order valence-corrected chi connectivity index (χ4v) is 4.83. The van der Waals surface area contributed by atoms with Crippen LogP contribution >= 0.6 is 0 Å². The van der Waals surface area contributed by atoms with Crippen molar-refractivity contribution in [1.82, 2.24) is 15.0 Å². The molecule has 3 fully saturated rings. The summed E-state index contributed by atoms with van der Waals surface area (Å²) < 4.78 is 17.0. The topological polar surface area (TPSA) is 60.6 Å². The third kappa shape index (κ3) is 5.52. The number of aromatic nitrogens is 2. The molecule has 0 N–H and O–H groups in total. The van der Waals surface area contributed by atoms with Crippen LogP contribution in [-0.4, -0.2) is 60.1 Å². The van der Waals surface area contributed by atoms with Crippen molar-refractivity contribution in [3.63, 3.8) is 0 Å². The summed E-state index contributed by atoms with van der Waals surface area (Å²) in [5.41, 5.74) is 0. The van der Waals surface area contributed by atoms with Gasteiger partial charge in [-0.15, -0.1) is 0 Å². The van der Waals surface area contributed by atoms with Crippen LogP contribution in [0.1, 0.15) is 81.8 Å². The number of rotatable bonds is 6. The summed E-state index contributed by atoms with van der Waals surface area (Å²) in [5.74, 6) is 1.94. The highest BCUT2D eigenvalue weighted by Crippen LogP contribution is 2.26. The first-order chi connectivity index (χ1) is 13.4. The lowest BCUT2D eigenvalue weighted by Crippen LogP contribution is -2.43. The average Bonchev–Trinajstić information content (AvgIpc) is 3.02. The second-order valence-corrected chi connectivity index (χ2v) is 8.44. The Morgan fingerprint density at radius 1 is 0.926 bits per heavy atom. The molecule has 2 saturated heterocycles. The number of piperidine rings is 1. The van der Waals surface area contributed by atoms with Gasteiger partial charge in [0.15, 0.2) is 5.82 Å². The minimum absolute atomic E-state index is 0.370. The van der Waals surface area contributed by atoms with Crippen molar-refractivity contribution in [3.8, 4) is 0 Å². The minimum Gasteiger partial charge on any atom is -0.381 e. The summed E-state index contributed by atoms with van der Waals surface area (Å²) in [6.07, 6.45) is 13.9. The SMILES string of the molecule is C1CCCC(N2CCC(OCCc3noc(C4CCOCC4)n3)CC2)CC1. The van der Waals surface area contributed by atoms with Gasteiger partial charge in [-0.2, -0.15) is 4.98 Å². The second kappa shape index (κ2) is 9.99. The largest absolute Gasteiger partial charge is 0.381 e. The molecular formula is C21H35N3O3. The van der Waals surface area contributed by atoms with Crippen molar-refractivity contribution in [2.45, 2.75) is 88.7 Å². The summed E-state index contributed by atoms with van der Waals surface area (Å²) >= 11 is 0. The monoisotopic (exact) mass is 377 g/mol. The van der Waals surface area contributed by atoms with E-state index >= 15 is 0 Å². The molecule has 1 aromatic rings. The third-order valence-corrected chi connectivity index (χ3v) is 6.55. The van der Waals surface area contributed by atoms with Crippen LogP contribution in [0, 0.1) is 0 Å². The van der Waals surface area contributed by atoms with Crippen molar-refractivity contribution >= 4 is 0 Å². The van der Waals surface area contributed by atoms with Gasteiger partial charge in [-0.3, -0.25) is 0 Å². The van der Waals surface area contributed by atoms with Crippen molar-refractivity contribution in [2.24, 2.45) is 0 Å². The Morgan fingerprint density at radius 3 is 2.41 bits per heavy atom. The van der Waals surface area contributed by atoms with Gasteiger partial charge < -0.3 is 18.9 Å². The van der Waals surface area contributed by atoms with Crippen molar-refractivity contribution in [3.05, 3.63) is 11.7 Å². The van der Waals surface area contributed by atoms with E-state index in [4.69, 9.17) is 14.0 Å². The highest BCUT2D eigenvalue weighted by Gasteiger charge is 2.26. The fraction of sp³-hybridized carbons (Fsp3) is 0.905. The molecule has 0 bridgehead atoms. The molecule has 0 atom stereocenters. The molecule has 152 valence electrons. The van der Waals surface area contributed by atoms with Gasteiger partial charge in [-0.25, -0.2) is 0 Å². The zero-order valence-corrected chi connectivity index (χ0v) is 16.6. The minimum atomic E-state index is 0.370. The van der Waals surface area contributed by atoms with Gasteiger partial charge in [0.2, 0.25) is 5.89 Å². The zero-order chi connectivity index (χ0) is 18.3. The van der Waals surface area contributed by atoms with E-state index in [1.54, 1.807) is 0 Å². The third-order valence-electron chi connectivity index (χ3n) is 6.55. The quantitative estimate of drug-likeness (QED) is 0.704. The van der Waals surface area contributed by atoms with Gasteiger partial charge in [-0.1, -0.05) is 30.8 Å². The van der Waals surface area contributed by atoms with Crippen molar-refractivity contribution in [2.75, 3.05) is 32.9 Å². The summed E-state index contributed by atoms with van der Waals surface area (Å²) in [4.78, 5) is 7.30. The van der Waals surface area contributed by atoms with Crippen LogP contribution in [0.5, 0.6) is 0 Å². The maximum absolute atomic E-state index is 6.13. The standard InChI is InChI=1S/C21H35N3O3/c1-2-4-6-18(5-3-1)24-12-7-19(8-13-24)26-16-11-20-22-21(27-23-20)17-9-14-25-15-10-17/h17-19H,1-16H2. The molecule has 1 aliphatic carbocycles. The van der Waals surface area contributed by atoms with Crippen LogP contribution in [0.4, 0.5) is 0 Å². The zero-order valence-electron chi connectivity index (χ0n) is 16.6.